The molecule has 0 spiro atoms. The highest BCUT2D eigenvalue weighted by Gasteiger charge is 2.31. The second-order valence-corrected chi connectivity index (χ2v) is 6.15. The fourth-order valence-electron chi connectivity index (χ4n) is 2.44. The predicted octanol–water partition coefficient (Wildman–Crippen LogP) is 1.34. The average Bonchev–Trinajstić information content (AvgIpc) is 3.08. The number of hydrogen-bond donors (Lipinski definition) is 3. The molecule has 0 aliphatic heterocycles. The van der Waals surface area contributed by atoms with E-state index in [9.17, 15) is 9.90 Å². The van der Waals surface area contributed by atoms with Gasteiger partial charge >= 0.3 is 6.03 Å². The normalized spacial score (nSPS) is 30.0. The monoisotopic (exact) mass is 258 g/mol. The summed E-state index contributed by atoms with van der Waals surface area (Å²) in [6.07, 6.45) is 7.39. The Labute approximate surface area is 107 Å². The van der Waals surface area contributed by atoms with Gasteiger partial charge < -0.3 is 15.7 Å². The van der Waals surface area contributed by atoms with Crippen LogP contribution < -0.4 is 10.6 Å². The lowest BCUT2D eigenvalue weighted by molar-refractivity contribution is 0.149. The van der Waals surface area contributed by atoms with E-state index in [0.717, 1.165) is 19.3 Å². The first-order valence-corrected chi connectivity index (χ1v) is 7.74. The van der Waals surface area contributed by atoms with Gasteiger partial charge in [0.1, 0.15) is 0 Å². The van der Waals surface area contributed by atoms with Crippen molar-refractivity contribution in [2.24, 2.45) is 5.92 Å². The van der Waals surface area contributed by atoms with Gasteiger partial charge in [-0.05, 0) is 37.9 Å². The van der Waals surface area contributed by atoms with Crippen LogP contribution in [0.5, 0.6) is 0 Å². The van der Waals surface area contributed by atoms with Crippen LogP contribution in [-0.4, -0.2) is 41.3 Å². The third-order valence-electron chi connectivity index (χ3n) is 3.71. The molecule has 0 saturated heterocycles. The number of aliphatic hydroxyl groups excluding tert-OH is 1. The number of rotatable bonds is 5. The molecule has 0 bridgehead atoms. The van der Waals surface area contributed by atoms with Crippen LogP contribution in [0.1, 0.15) is 32.1 Å². The Morgan fingerprint density at radius 3 is 2.82 bits per heavy atom. The van der Waals surface area contributed by atoms with E-state index in [-0.39, 0.29) is 12.1 Å². The van der Waals surface area contributed by atoms with Crippen molar-refractivity contribution in [2.75, 3.05) is 12.8 Å². The van der Waals surface area contributed by atoms with Gasteiger partial charge in [-0.15, -0.1) is 0 Å². The van der Waals surface area contributed by atoms with E-state index >= 15 is 0 Å². The first-order chi connectivity index (χ1) is 8.20. The molecule has 0 heterocycles. The molecule has 3 atom stereocenters. The molecule has 2 rings (SSSR count). The van der Waals surface area contributed by atoms with Gasteiger partial charge in [-0.25, -0.2) is 4.79 Å². The fraction of sp³-hybridized carbons (Fsp3) is 0.917. The molecule has 0 aromatic heterocycles. The summed E-state index contributed by atoms with van der Waals surface area (Å²) in [4.78, 5) is 11.7. The Balaban J connectivity index is 1.65. The first-order valence-electron chi connectivity index (χ1n) is 6.46. The van der Waals surface area contributed by atoms with Crippen LogP contribution in [0, 0.1) is 5.92 Å². The maximum absolute atomic E-state index is 11.7. The number of amides is 2. The lowest BCUT2D eigenvalue weighted by Gasteiger charge is -2.20. The molecule has 2 fully saturated rings. The molecule has 5 heteroatoms. The molecule has 98 valence electrons. The smallest absolute Gasteiger partial charge is 0.315 e. The van der Waals surface area contributed by atoms with Gasteiger partial charge in [-0.3, -0.25) is 0 Å². The van der Waals surface area contributed by atoms with E-state index in [1.54, 1.807) is 0 Å². The van der Waals surface area contributed by atoms with Gasteiger partial charge in [-0.1, -0.05) is 6.42 Å². The molecular formula is C12H22N2O2S. The SMILES string of the molecule is CS[C@@H]1CCC[C@H]1NC(=O)NC[C@@H](O)C1CC1. The molecular weight excluding hydrogens is 236 g/mol. The number of hydrogen-bond acceptors (Lipinski definition) is 3. The molecule has 0 aromatic rings. The Hall–Kier alpha value is -0.420. The summed E-state index contributed by atoms with van der Waals surface area (Å²) in [5.41, 5.74) is 0. The third kappa shape index (κ3) is 3.78. The molecule has 2 aliphatic carbocycles. The highest BCUT2D eigenvalue weighted by molar-refractivity contribution is 7.99. The molecule has 2 amide bonds. The zero-order valence-corrected chi connectivity index (χ0v) is 11.1. The molecule has 2 aliphatic rings. The van der Waals surface area contributed by atoms with Gasteiger partial charge in [0.2, 0.25) is 0 Å². The van der Waals surface area contributed by atoms with Crippen molar-refractivity contribution in [3.8, 4) is 0 Å². The van der Waals surface area contributed by atoms with Crippen molar-refractivity contribution in [2.45, 2.75) is 49.5 Å². The van der Waals surface area contributed by atoms with E-state index in [1.165, 1.54) is 12.8 Å². The number of thioether (sulfide) groups is 1. The van der Waals surface area contributed by atoms with Gasteiger partial charge in [0, 0.05) is 17.8 Å². The number of urea groups is 1. The lowest BCUT2D eigenvalue weighted by atomic mass is 10.2. The van der Waals surface area contributed by atoms with E-state index in [1.807, 2.05) is 11.8 Å². The summed E-state index contributed by atoms with van der Waals surface area (Å²) in [7, 11) is 0. The fourth-order valence-corrected chi connectivity index (χ4v) is 3.37. The molecule has 2 saturated carbocycles. The Morgan fingerprint density at radius 2 is 2.18 bits per heavy atom. The molecule has 0 radical (unpaired) electrons. The van der Waals surface area contributed by atoms with Crippen LogP contribution in [0.3, 0.4) is 0 Å². The maximum Gasteiger partial charge on any atom is 0.315 e. The van der Waals surface area contributed by atoms with E-state index in [0.29, 0.717) is 23.8 Å². The van der Waals surface area contributed by atoms with Gasteiger partial charge in [0.15, 0.2) is 0 Å². The van der Waals surface area contributed by atoms with Crippen molar-refractivity contribution in [3.63, 3.8) is 0 Å². The number of carbonyl (C=O) groups is 1. The lowest BCUT2D eigenvalue weighted by Crippen LogP contribution is -2.46. The van der Waals surface area contributed by atoms with Crippen molar-refractivity contribution in [3.05, 3.63) is 0 Å². The van der Waals surface area contributed by atoms with E-state index < -0.39 is 0 Å². The number of carbonyl (C=O) groups excluding carboxylic acids is 1. The van der Waals surface area contributed by atoms with E-state index in [4.69, 9.17) is 0 Å². The first kappa shape index (κ1) is 13.0. The quantitative estimate of drug-likeness (QED) is 0.697. The third-order valence-corrected chi connectivity index (χ3v) is 4.88. The van der Waals surface area contributed by atoms with Gasteiger partial charge in [0.05, 0.1) is 6.10 Å². The maximum atomic E-state index is 11.7. The second kappa shape index (κ2) is 5.96. The zero-order chi connectivity index (χ0) is 12.3. The average molecular weight is 258 g/mol. The standard InChI is InChI=1S/C12H22N2O2S/c1-17-11-4-2-3-9(11)14-12(16)13-7-10(15)8-5-6-8/h8-11,15H,2-7H2,1H3,(H2,13,14,16)/t9-,10-,11-/m1/s1. The van der Waals surface area contributed by atoms with Gasteiger partial charge in [0.25, 0.3) is 0 Å². The Bertz CT molecular complexity index is 271. The molecule has 17 heavy (non-hydrogen) atoms. The highest BCUT2D eigenvalue weighted by atomic mass is 32.2. The largest absolute Gasteiger partial charge is 0.391 e. The molecule has 0 aromatic carbocycles. The minimum atomic E-state index is -0.360. The topological polar surface area (TPSA) is 61.4 Å². The van der Waals surface area contributed by atoms with Crippen LogP contribution in [0.15, 0.2) is 0 Å². The van der Waals surface area contributed by atoms with Crippen molar-refractivity contribution in [1.82, 2.24) is 10.6 Å². The Kier molecular flexibility index (Phi) is 4.56. The minimum absolute atomic E-state index is 0.129. The summed E-state index contributed by atoms with van der Waals surface area (Å²) >= 11 is 1.83. The Morgan fingerprint density at radius 1 is 1.41 bits per heavy atom. The molecule has 3 N–H and O–H groups in total. The minimum Gasteiger partial charge on any atom is -0.391 e. The zero-order valence-electron chi connectivity index (χ0n) is 10.3. The number of aliphatic hydroxyl groups is 1. The summed E-state index contributed by atoms with van der Waals surface area (Å²) in [6, 6.07) is 0.165. The van der Waals surface area contributed by atoms with Crippen LogP contribution >= 0.6 is 11.8 Å². The summed E-state index contributed by atoms with van der Waals surface area (Å²) in [5, 5.41) is 16.0. The van der Waals surface area contributed by atoms with Crippen LogP contribution in [0.2, 0.25) is 0 Å². The molecule has 4 nitrogen and oxygen atoms in total. The number of nitrogens with one attached hydrogen (secondary N) is 2. The van der Waals surface area contributed by atoms with Crippen LogP contribution in [0.25, 0.3) is 0 Å². The van der Waals surface area contributed by atoms with Crippen LogP contribution in [0.4, 0.5) is 4.79 Å². The summed E-state index contributed by atoms with van der Waals surface area (Å²) in [5.74, 6) is 0.417. The molecule has 0 unspecified atom stereocenters. The van der Waals surface area contributed by atoms with Crippen molar-refractivity contribution in [1.29, 1.82) is 0 Å². The summed E-state index contributed by atoms with van der Waals surface area (Å²) in [6.45, 7) is 0.382. The van der Waals surface area contributed by atoms with Crippen molar-refractivity contribution < 1.29 is 9.90 Å². The summed E-state index contributed by atoms with van der Waals surface area (Å²) < 4.78 is 0. The predicted molar refractivity (Wildman–Crippen MR) is 70.2 cm³/mol. The van der Waals surface area contributed by atoms with E-state index in [2.05, 4.69) is 16.9 Å². The highest BCUT2D eigenvalue weighted by Crippen LogP contribution is 2.32. The van der Waals surface area contributed by atoms with Gasteiger partial charge in [-0.2, -0.15) is 11.8 Å². The van der Waals surface area contributed by atoms with Crippen LogP contribution in [-0.2, 0) is 0 Å². The second-order valence-electron chi connectivity index (χ2n) is 5.07. The van der Waals surface area contributed by atoms with Crippen molar-refractivity contribution >= 4 is 17.8 Å².